The first kappa shape index (κ1) is 19.2. The molecule has 27 heavy (non-hydrogen) atoms. The molecule has 1 N–H and O–H groups in total. The molecule has 0 spiro atoms. The Balaban J connectivity index is 1.62. The zero-order valence-electron chi connectivity index (χ0n) is 13.9. The van der Waals surface area contributed by atoms with Crippen LogP contribution >= 0.6 is 15.9 Å². The number of alkyl halides is 3. The number of benzene rings is 2. The van der Waals surface area contributed by atoms with Crippen LogP contribution in [0.5, 0.6) is 0 Å². The number of rotatable bonds is 5. The van der Waals surface area contributed by atoms with E-state index in [1.54, 1.807) is 6.20 Å². The molecule has 0 aliphatic rings. The van der Waals surface area contributed by atoms with E-state index in [1.807, 2.05) is 24.3 Å². The Morgan fingerprint density at radius 3 is 2.67 bits per heavy atom. The van der Waals surface area contributed by atoms with E-state index in [1.165, 1.54) is 18.2 Å². The lowest BCUT2D eigenvalue weighted by atomic mass is 10.1. The van der Waals surface area contributed by atoms with E-state index in [0.717, 1.165) is 16.1 Å². The van der Waals surface area contributed by atoms with Gasteiger partial charge in [0.05, 0.1) is 17.4 Å². The van der Waals surface area contributed by atoms with Crippen molar-refractivity contribution in [2.45, 2.75) is 19.0 Å². The van der Waals surface area contributed by atoms with Crippen molar-refractivity contribution in [3.8, 4) is 11.3 Å². The summed E-state index contributed by atoms with van der Waals surface area (Å²) in [7, 11) is 0. The maximum Gasteiger partial charge on any atom is 0.418 e. The third kappa shape index (κ3) is 4.97. The minimum absolute atomic E-state index is 0.0510. The van der Waals surface area contributed by atoms with Crippen LogP contribution in [0.15, 0.2) is 63.6 Å². The molecule has 140 valence electrons. The molecule has 0 radical (unpaired) electrons. The zero-order chi connectivity index (χ0) is 19.4. The number of carbonyl (C=O) groups is 1. The molecule has 8 heteroatoms. The molecule has 0 bridgehead atoms. The highest BCUT2D eigenvalue weighted by Gasteiger charge is 2.33. The van der Waals surface area contributed by atoms with Crippen LogP contribution in [0.2, 0.25) is 0 Å². The quantitative estimate of drug-likeness (QED) is 0.556. The average molecular weight is 439 g/mol. The number of oxazole rings is 1. The van der Waals surface area contributed by atoms with Crippen LogP contribution in [0, 0.1) is 0 Å². The van der Waals surface area contributed by atoms with Crippen LogP contribution in [0.4, 0.5) is 18.9 Å². The molecule has 0 saturated carbocycles. The van der Waals surface area contributed by atoms with Crippen LogP contribution in [-0.4, -0.2) is 10.9 Å². The van der Waals surface area contributed by atoms with E-state index in [-0.39, 0.29) is 18.5 Å². The van der Waals surface area contributed by atoms with E-state index in [2.05, 4.69) is 26.2 Å². The van der Waals surface area contributed by atoms with Crippen molar-refractivity contribution in [1.29, 1.82) is 0 Å². The second-order valence-electron chi connectivity index (χ2n) is 5.72. The van der Waals surface area contributed by atoms with Gasteiger partial charge in [-0.15, -0.1) is 0 Å². The van der Waals surface area contributed by atoms with Gasteiger partial charge in [-0.2, -0.15) is 13.2 Å². The highest BCUT2D eigenvalue weighted by Crippen LogP contribution is 2.34. The van der Waals surface area contributed by atoms with Crippen LogP contribution in [0.25, 0.3) is 11.3 Å². The Bertz CT molecular complexity index is 954. The van der Waals surface area contributed by atoms with Crippen molar-refractivity contribution >= 4 is 27.5 Å². The largest absolute Gasteiger partial charge is 0.441 e. The second kappa shape index (κ2) is 7.96. The highest BCUT2D eigenvalue weighted by molar-refractivity contribution is 9.10. The summed E-state index contributed by atoms with van der Waals surface area (Å²) >= 11 is 3.37. The number of hydrogen-bond donors (Lipinski definition) is 1. The first-order valence-corrected chi connectivity index (χ1v) is 8.79. The lowest BCUT2D eigenvalue weighted by Gasteiger charge is -2.13. The van der Waals surface area contributed by atoms with Gasteiger partial charge < -0.3 is 9.73 Å². The minimum Gasteiger partial charge on any atom is -0.441 e. The maximum atomic E-state index is 13.0. The molecular weight excluding hydrogens is 425 g/mol. The Labute approximate surface area is 161 Å². The van der Waals surface area contributed by atoms with E-state index in [0.29, 0.717) is 11.7 Å². The summed E-state index contributed by atoms with van der Waals surface area (Å²) in [5, 5.41) is 2.30. The number of hydrogen-bond acceptors (Lipinski definition) is 3. The fraction of sp³-hybridized carbons (Fsp3) is 0.158. The van der Waals surface area contributed by atoms with Gasteiger partial charge in [0.25, 0.3) is 0 Å². The number of halogens is 4. The lowest BCUT2D eigenvalue weighted by molar-refractivity contribution is -0.137. The van der Waals surface area contributed by atoms with Crippen molar-refractivity contribution in [3.05, 3.63) is 70.7 Å². The van der Waals surface area contributed by atoms with Crippen molar-refractivity contribution in [1.82, 2.24) is 4.98 Å². The Hall–Kier alpha value is -2.61. The summed E-state index contributed by atoms with van der Waals surface area (Å²) < 4.78 is 45.4. The van der Waals surface area contributed by atoms with Crippen LogP contribution in [0.3, 0.4) is 0 Å². The molecule has 1 aromatic heterocycles. The number of nitrogens with one attached hydrogen (secondary N) is 1. The van der Waals surface area contributed by atoms with Crippen LogP contribution in [-0.2, 0) is 17.4 Å². The van der Waals surface area contributed by atoms with E-state index >= 15 is 0 Å². The molecule has 0 saturated heterocycles. The third-order valence-corrected chi connectivity index (χ3v) is 4.23. The summed E-state index contributed by atoms with van der Waals surface area (Å²) in [4.78, 5) is 16.1. The number of amides is 1. The highest BCUT2D eigenvalue weighted by atomic mass is 79.9. The monoisotopic (exact) mass is 438 g/mol. The fourth-order valence-electron chi connectivity index (χ4n) is 2.47. The zero-order valence-corrected chi connectivity index (χ0v) is 15.5. The summed E-state index contributed by atoms with van der Waals surface area (Å²) in [6, 6.07) is 12.3. The van der Waals surface area contributed by atoms with Crippen molar-refractivity contribution in [2.24, 2.45) is 0 Å². The molecule has 1 heterocycles. The standard InChI is InChI=1S/C19H14BrF3N2O2/c20-13-5-3-4-12(10-13)16-11-24-18(27-16)9-8-17(26)25-15-7-2-1-6-14(15)19(21,22)23/h1-7,10-11H,8-9H2,(H,25,26). The molecular formula is C19H14BrF3N2O2. The molecule has 0 fully saturated rings. The molecule has 0 aliphatic carbocycles. The third-order valence-electron chi connectivity index (χ3n) is 3.74. The first-order chi connectivity index (χ1) is 12.8. The Morgan fingerprint density at radius 2 is 1.93 bits per heavy atom. The summed E-state index contributed by atoms with van der Waals surface area (Å²) in [6.45, 7) is 0. The number of aromatic nitrogens is 1. The SMILES string of the molecule is O=C(CCc1ncc(-c2cccc(Br)c2)o1)Nc1ccccc1C(F)(F)F. The lowest BCUT2D eigenvalue weighted by Crippen LogP contribution is -2.16. The van der Waals surface area contributed by atoms with Gasteiger partial charge in [0.1, 0.15) is 0 Å². The molecule has 3 rings (SSSR count). The Kier molecular flexibility index (Phi) is 5.65. The number of nitrogens with zero attached hydrogens (tertiary/aromatic N) is 1. The molecule has 3 aromatic rings. The van der Waals surface area contributed by atoms with Gasteiger partial charge in [-0.1, -0.05) is 40.2 Å². The van der Waals surface area contributed by atoms with Gasteiger partial charge in [0, 0.05) is 22.9 Å². The molecule has 2 aromatic carbocycles. The van der Waals surface area contributed by atoms with Crippen LogP contribution < -0.4 is 5.32 Å². The molecule has 0 aliphatic heterocycles. The number of para-hydroxylation sites is 1. The smallest absolute Gasteiger partial charge is 0.418 e. The first-order valence-electron chi connectivity index (χ1n) is 7.99. The number of aryl methyl sites for hydroxylation is 1. The molecule has 0 unspecified atom stereocenters. The average Bonchev–Trinajstić information content (AvgIpc) is 3.09. The van der Waals surface area contributed by atoms with Gasteiger partial charge >= 0.3 is 6.18 Å². The Morgan fingerprint density at radius 1 is 1.15 bits per heavy atom. The molecule has 4 nitrogen and oxygen atoms in total. The van der Waals surface area contributed by atoms with Gasteiger partial charge in [-0.3, -0.25) is 4.79 Å². The number of anilines is 1. The summed E-state index contributed by atoms with van der Waals surface area (Å²) in [6.07, 6.45) is -2.86. The fourth-order valence-corrected chi connectivity index (χ4v) is 2.87. The van der Waals surface area contributed by atoms with Crippen molar-refractivity contribution in [2.75, 3.05) is 5.32 Å². The predicted octanol–water partition coefficient (Wildman–Crippen LogP) is 5.69. The summed E-state index contributed by atoms with van der Waals surface area (Å²) in [5.41, 5.74) is -0.324. The normalized spacial score (nSPS) is 11.4. The predicted molar refractivity (Wildman–Crippen MR) is 98.0 cm³/mol. The van der Waals surface area contributed by atoms with Gasteiger partial charge in [0.2, 0.25) is 5.91 Å². The summed E-state index contributed by atoms with van der Waals surface area (Å²) in [5.74, 6) is 0.340. The van der Waals surface area contributed by atoms with E-state index in [4.69, 9.17) is 4.42 Å². The molecule has 0 atom stereocenters. The van der Waals surface area contributed by atoms with Crippen molar-refractivity contribution < 1.29 is 22.4 Å². The minimum atomic E-state index is -4.54. The van der Waals surface area contributed by atoms with E-state index in [9.17, 15) is 18.0 Å². The van der Waals surface area contributed by atoms with Gasteiger partial charge in [-0.05, 0) is 24.3 Å². The molecule has 1 amide bonds. The van der Waals surface area contributed by atoms with Gasteiger partial charge in [0.15, 0.2) is 11.7 Å². The van der Waals surface area contributed by atoms with Gasteiger partial charge in [-0.25, -0.2) is 4.98 Å². The van der Waals surface area contributed by atoms with E-state index < -0.39 is 17.6 Å². The maximum absolute atomic E-state index is 13.0. The van der Waals surface area contributed by atoms with Crippen LogP contribution in [0.1, 0.15) is 17.9 Å². The number of carbonyl (C=O) groups excluding carboxylic acids is 1. The topological polar surface area (TPSA) is 55.1 Å². The second-order valence-corrected chi connectivity index (χ2v) is 6.64. The van der Waals surface area contributed by atoms with Crippen molar-refractivity contribution in [3.63, 3.8) is 0 Å².